The van der Waals surface area contributed by atoms with E-state index >= 15 is 0 Å². The number of rotatable bonds is 2. The van der Waals surface area contributed by atoms with Crippen LogP contribution in [0.15, 0.2) is 12.1 Å². The summed E-state index contributed by atoms with van der Waals surface area (Å²) in [6, 6.07) is 3.56. The third kappa shape index (κ3) is 2.32. The van der Waals surface area contributed by atoms with Crippen LogP contribution in [-0.2, 0) is 16.6 Å². The maximum Gasteiger partial charge on any atom is 0.338 e. The van der Waals surface area contributed by atoms with Crippen molar-refractivity contribution in [1.82, 2.24) is 14.6 Å². The van der Waals surface area contributed by atoms with Gasteiger partial charge in [0.25, 0.3) is 0 Å². The molecule has 0 atom stereocenters. The van der Waals surface area contributed by atoms with Gasteiger partial charge in [-0.1, -0.05) is 27.7 Å². The molecule has 2 rings (SSSR count). The Morgan fingerprint density at radius 3 is 2.53 bits per heavy atom. The van der Waals surface area contributed by atoms with Crippen molar-refractivity contribution in [3.05, 3.63) is 29.2 Å². The lowest BCUT2D eigenvalue weighted by Gasteiger charge is -2.17. The average Bonchev–Trinajstić information content (AvgIpc) is 2.80. The molecule has 19 heavy (non-hydrogen) atoms. The van der Waals surface area contributed by atoms with Crippen LogP contribution in [0.4, 0.5) is 0 Å². The van der Waals surface area contributed by atoms with E-state index < -0.39 is 0 Å². The zero-order chi connectivity index (χ0) is 14.2. The van der Waals surface area contributed by atoms with Gasteiger partial charge in [-0.3, -0.25) is 4.40 Å². The molecule has 0 bridgehead atoms. The summed E-state index contributed by atoms with van der Waals surface area (Å²) in [6.07, 6.45) is 0.794. The van der Waals surface area contributed by atoms with Gasteiger partial charge in [-0.05, 0) is 18.6 Å². The van der Waals surface area contributed by atoms with Crippen molar-refractivity contribution in [3.63, 3.8) is 0 Å². The van der Waals surface area contributed by atoms with Gasteiger partial charge in [0.15, 0.2) is 5.65 Å². The largest absolute Gasteiger partial charge is 0.465 e. The lowest BCUT2D eigenvalue weighted by atomic mass is 9.95. The molecule has 2 aromatic heterocycles. The van der Waals surface area contributed by atoms with E-state index in [0.717, 1.165) is 17.9 Å². The van der Waals surface area contributed by atoms with Gasteiger partial charge in [-0.2, -0.15) is 0 Å². The molecule has 5 heteroatoms. The number of ether oxygens (including phenoxy) is 1. The van der Waals surface area contributed by atoms with Crippen LogP contribution in [0, 0.1) is 0 Å². The van der Waals surface area contributed by atoms with Crippen LogP contribution in [0.1, 0.15) is 49.6 Å². The minimum Gasteiger partial charge on any atom is -0.465 e. The first-order chi connectivity index (χ1) is 8.88. The van der Waals surface area contributed by atoms with Gasteiger partial charge in [0.1, 0.15) is 5.82 Å². The summed E-state index contributed by atoms with van der Waals surface area (Å²) in [7, 11) is 1.38. The van der Waals surface area contributed by atoms with Gasteiger partial charge < -0.3 is 4.74 Å². The second-order valence-electron chi connectivity index (χ2n) is 5.55. The molecule has 0 aliphatic carbocycles. The molecule has 5 nitrogen and oxygen atoms in total. The van der Waals surface area contributed by atoms with E-state index in [9.17, 15) is 4.79 Å². The first kappa shape index (κ1) is 13.5. The lowest BCUT2D eigenvalue weighted by molar-refractivity contribution is 0.0600. The van der Waals surface area contributed by atoms with Crippen molar-refractivity contribution in [3.8, 4) is 0 Å². The number of pyridine rings is 1. The molecular formula is C14H19N3O2. The minimum atomic E-state index is -0.350. The Morgan fingerprint density at radius 1 is 1.32 bits per heavy atom. The highest BCUT2D eigenvalue weighted by Crippen LogP contribution is 2.23. The van der Waals surface area contributed by atoms with E-state index in [1.54, 1.807) is 6.07 Å². The molecule has 0 amide bonds. The topological polar surface area (TPSA) is 56.5 Å². The fourth-order valence-electron chi connectivity index (χ4n) is 2.08. The molecule has 0 radical (unpaired) electrons. The summed E-state index contributed by atoms with van der Waals surface area (Å²) in [4.78, 5) is 11.6. The summed E-state index contributed by atoms with van der Waals surface area (Å²) in [6.45, 7) is 8.33. The highest BCUT2D eigenvalue weighted by molar-refractivity contribution is 5.90. The van der Waals surface area contributed by atoms with E-state index in [-0.39, 0.29) is 11.4 Å². The fraction of sp³-hybridized carbons (Fsp3) is 0.500. The monoisotopic (exact) mass is 261 g/mol. The number of aryl methyl sites for hydroxylation is 1. The molecule has 0 fully saturated rings. The summed E-state index contributed by atoms with van der Waals surface area (Å²) >= 11 is 0. The number of hydrogen-bond donors (Lipinski definition) is 0. The number of carbonyl (C=O) groups excluding carboxylic acids is 1. The normalized spacial score (nSPS) is 11.8. The first-order valence-corrected chi connectivity index (χ1v) is 6.35. The quantitative estimate of drug-likeness (QED) is 0.779. The Balaban J connectivity index is 2.72. The molecule has 0 spiro atoms. The number of fused-ring (bicyclic) bond motifs is 1. The van der Waals surface area contributed by atoms with E-state index in [0.29, 0.717) is 11.2 Å². The number of carbonyl (C=O) groups is 1. The van der Waals surface area contributed by atoms with Gasteiger partial charge in [0, 0.05) is 11.1 Å². The number of aromatic nitrogens is 3. The number of methoxy groups -OCH3 is 1. The summed E-state index contributed by atoms with van der Waals surface area (Å²) < 4.78 is 6.78. The molecule has 102 valence electrons. The average molecular weight is 261 g/mol. The third-order valence-corrected chi connectivity index (χ3v) is 3.04. The summed E-state index contributed by atoms with van der Waals surface area (Å²) in [5.41, 5.74) is 2.10. The van der Waals surface area contributed by atoms with Crippen LogP contribution in [0.5, 0.6) is 0 Å². The van der Waals surface area contributed by atoms with Crippen molar-refractivity contribution in [2.24, 2.45) is 0 Å². The zero-order valence-corrected chi connectivity index (χ0v) is 12.0. The SMILES string of the molecule is CCc1cc(C(=O)OC)cc2nnc(C(C)(C)C)n12. The molecule has 0 aliphatic heterocycles. The van der Waals surface area contributed by atoms with Gasteiger partial charge in [0.2, 0.25) is 0 Å². The van der Waals surface area contributed by atoms with Crippen LogP contribution in [0.25, 0.3) is 5.65 Å². The molecule has 0 N–H and O–H groups in total. The standard InChI is InChI=1S/C14H19N3O2/c1-6-10-7-9(12(18)19-5)8-11-15-16-13(17(10)11)14(2,3)4/h7-8H,6H2,1-5H3. The number of nitrogens with zero attached hydrogens (tertiary/aromatic N) is 3. The van der Waals surface area contributed by atoms with Crippen molar-refractivity contribution in [2.75, 3.05) is 7.11 Å². The molecule has 0 saturated heterocycles. The summed E-state index contributed by atoms with van der Waals surface area (Å²) in [5, 5.41) is 8.44. The molecule has 0 aromatic carbocycles. The Labute approximate surface area is 112 Å². The van der Waals surface area contributed by atoms with Crippen LogP contribution >= 0.6 is 0 Å². The molecular weight excluding hydrogens is 242 g/mol. The van der Waals surface area contributed by atoms with Crippen LogP contribution < -0.4 is 0 Å². The lowest BCUT2D eigenvalue weighted by Crippen LogP contribution is -2.18. The number of hydrogen-bond acceptors (Lipinski definition) is 4. The highest BCUT2D eigenvalue weighted by Gasteiger charge is 2.23. The molecule has 0 aliphatic rings. The van der Waals surface area contributed by atoms with Gasteiger partial charge in [0.05, 0.1) is 12.7 Å². The Bertz CT molecular complexity index is 623. The Hall–Kier alpha value is -1.91. The third-order valence-electron chi connectivity index (χ3n) is 3.04. The van der Waals surface area contributed by atoms with Crippen molar-refractivity contribution >= 4 is 11.6 Å². The molecule has 0 saturated carbocycles. The molecule has 0 unspecified atom stereocenters. The fourth-order valence-corrected chi connectivity index (χ4v) is 2.08. The molecule has 2 heterocycles. The zero-order valence-electron chi connectivity index (χ0n) is 12.0. The van der Waals surface area contributed by atoms with Crippen LogP contribution in [0.3, 0.4) is 0 Å². The predicted molar refractivity (Wildman–Crippen MR) is 72.4 cm³/mol. The van der Waals surface area contributed by atoms with Gasteiger partial charge in [-0.25, -0.2) is 4.79 Å². The number of esters is 1. The second kappa shape index (κ2) is 4.64. The van der Waals surface area contributed by atoms with Gasteiger partial charge in [-0.15, -0.1) is 10.2 Å². The van der Waals surface area contributed by atoms with E-state index in [4.69, 9.17) is 4.74 Å². The summed E-state index contributed by atoms with van der Waals surface area (Å²) in [5.74, 6) is 0.549. The highest BCUT2D eigenvalue weighted by atomic mass is 16.5. The van der Waals surface area contributed by atoms with Crippen molar-refractivity contribution in [2.45, 2.75) is 39.5 Å². The maximum absolute atomic E-state index is 11.6. The van der Waals surface area contributed by atoms with Crippen molar-refractivity contribution < 1.29 is 9.53 Å². The maximum atomic E-state index is 11.6. The smallest absolute Gasteiger partial charge is 0.338 e. The van der Waals surface area contributed by atoms with Crippen LogP contribution in [-0.4, -0.2) is 27.7 Å². The van der Waals surface area contributed by atoms with Crippen molar-refractivity contribution in [1.29, 1.82) is 0 Å². The Kier molecular flexibility index (Phi) is 3.30. The van der Waals surface area contributed by atoms with E-state index in [1.165, 1.54) is 7.11 Å². The minimum absolute atomic E-state index is 0.101. The Morgan fingerprint density at radius 2 is 2.00 bits per heavy atom. The second-order valence-corrected chi connectivity index (χ2v) is 5.55. The van der Waals surface area contributed by atoms with Crippen LogP contribution in [0.2, 0.25) is 0 Å². The predicted octanol–water partition coefficient (Wildman–Crippen LogP) is 2.38. The molecule has 2 aromatic rings. The first-order valence-electron chi connectivity index (χ1n) is 6.35. The van der Waals surface area contributed by atoms with E-state index in [1.807, 2.05) is 17.4 Å². The van der Waals surface area contributed by atoms with E-state index in [2.05, 4.69) is 31.0 Å². The van der Waals surface area contributed by atoms with Gasteiger partial charge >= 0.3 is 5.97 Å².